The van der Waals surface area contributed by atoms with E-state index in [1.165, 1.54) is 32.4 Å². The number of hydrogen-bond donors (Lipinski definition) is 1. The Hall–Kier alpha value is -1.46. The number of likely N-dealkylation sites (tertiary alicyclic amines) is 1. The van der Waals surface area contributed by atoms with Crippen LogP contribution in [0.3, 0.4) is 0 Å². The molecule has 2 N–H and O–H groups in total. The van der Waals surface area contributed by atoms with Crippen LogP contribution >= 0.6 is 0 Å². The van der Waals surface area contributed by atoms with Crippen LogP contribution in [0.5, 0.6) is 0 Å². The molecule has 0 amide bonds. The van der Waals surface area contributed by atoms with E-state index in [2.05, 4.69) is 16.7 Å². The van der Waals surface area contributed by atoms with Crippen LogP contribution in [0.2, 0.25) is 0 Å². The molecule has 2 heteroatoms. The molecule has 0 radical (unpaired) electrons. The van der Waals surface area contributed by atoms with E-state index in [1.807, 2.05) is 24.3 Å². The van der Waals surface area contributed by atoms with Crippen molar-refractivity contribution in [2.45, 2.75) is 19.3 Å². The molecule has 0 bridgehead atoms. The molecule has 2 rings (SSSR count). The lowest BCUT2D eigenvalue weighted by molar-refractivity contribution is 0.255. The van der Waals surface area contributed by atoms with E-state index >= 15 is 0 Å². The van der Waals surface area contributed by atoms with Crippen LogP contribution in [0.15, 0.2) is 24.3 Å². The van der Waals surface area contributed by atoms with Gasteiger partial charge in [-0.15, -0.1) is 0 Å². The summed E-state index contributed by atoms with van der Waals surface area (Å²) in [7, 11) is 0. The smallest absolute Gasteiger partial charge is 0.0605 e. The van der Waals surface area contributed by atoms with Gasteiger partial charge in [0.25, 0.3) is 0 Å². The summed E-state index contributed by atoms with van der Waals surface area (Å²) >= 11 is 0. The van der Waals surface area contributed by atoms with Crippen molar-refractivity contribution in [1.82, 2.24) is 4.90 Å². The minimum Gasteiger partial charge on any atom is -0.399 e. The second-order valence-electron chi connectivity index (χ2n) is 4.26. The first-order chi connectivity index (χ1) is 7.84. The Morgan fingerprint density at radius 1 is 1.06 bits per heavy atom. The van der Waals surface area contributed by atoms with Gasteiger partial charge in [-0.3, -0.25) is 4.90 Å². The summed E-state index contributed by atoms with van der Waals surface area (Å²) in [4.78, 5) is 2.42. The predicted molar refractivity (Wildman–Crippen MR) is 68.0 cm³/mol. The molecule has 0 aliphatic carbocycles. The number of hydrogen-bond acceptors (Lipinski definition) is 2. The number of nitrogens with two attached hydrogens (primary N) is 1. The third-order valence-corrected chi connectivity index (χ3v) is 2.89. The van der Waals surface area contributed by atoms with Gasteiger partial charge in [0.2, 0.25) is 0 Å². The van der Waals surface area contributed by atoms with Gasteiger partial charge in [0.15, 0.2) is 0 Å². The Kier molecular flexibility index (Phi) is 3.85. The average molecular weight is 214 g/mol. The summed E-state index contributed by atoms with van der Waals surface area (Å²) < 4.78 is 0. The second-order valence-corrected chi connectivity index (χ2v) is 4.26. The molecular weight excluding hydrogens is 196 g/mol. The molecule has 1 aliphatic rings. The zero-order valence-corrected chi connectivity index (χ0v) is 9.58. The maximum absolute atomic E-state index is 5.62. The van der Waals surface area contributed by atoms with Crippen LogP contribution < -0.4 is 5.73 Å². The Bertz CT molecular complexity index is 377. The van der Waals surface area contributed by atoms with Crippen molar-refractivity contribution >= 4 is 5.69 Å². The van der Waals surface area contributed by atoms with Gasteiger partial charge in [-0.2, -0.15) is 0 Å². The van der Waals surface area contributed by atoms with Crippen molar-refractivity contribution in [2.75, 3.05) is 25.4 Å². The standard InChI is InChI=1S/C14H18N2/c15-14-8-6-13(7-9-14)5-4-12-16-10-2-1-3-11-16/h6-9H,1-3,10-12,15H2. The van der Waals surface area contributed by atoms with Crippen molar-refractivity contribution in [3.05, 3.63) is 29.8 Å². The predicted octanol–water partition coefficient (Wildman–Crippen LogP) is 2.11. The fourth-order valence-electron chi connectivity index (χ4n) is 1.94. The first-order valence-electron chi connectivity index (χ1n) is 5.91. The zero-order valence-electron chi connectivity index (χ0n) is 9.58. The Balaban J connectivity index is 1.87. The maximum Gasteiger partial charge on any atom is 0.0605 e. The average Bonchev–Trinajstić information content (AvgIpc) is 2.33. The van der Waals surface area contributed by atoms with E-state index in [4.69, 9.17) is 5.73 Å². The first kappa shape index (κ1) is 11.0. The number of anilines is 1. The Labute approximate surface area is 97.4 Å². The molecule has 1 aliphatic heterocycles. The van der Waals surface area contributed by atoms with Crippen LogP contribution in [0.25, 0.3) is 0 Å². The highest BCUT2D eigenvalue weighted by Gasteiger charge is 2.07. The molecule has 0 spiro atoms. The summed E-state index contributed by atoms with van der Waals surface area (Å²) in [5.74, 6) is 6.40. The monoisotopic (exact) mass is 214 g/mol. The molecule has 84 valence electrons. The lowest BCUT2D eigenvalue weighted by atomic mass is 10.1. The largest absolute Gasteiger partial charge is 0.399 e. The molecule has 1 heterocycles. The van der Waals surface area contributed by atoms with Crippen LogP contribution in [0.4, 0.5) is 5.69 Å². The van der Waals surface area contributed by atoms with Gasteiger partial charge < -0.3 is 5.73 Å². The van der Waals surface area contributed by atoms with E-state index in [0.717, 1.165) is 17.8 Å². The van der Waals surface area contributed by atoms with Crippen molar-refractivity contribution in [2.24, 2.45) is 0 Å². The number of nitrogens with zero attached hydrogens (tertiary/aromatic N) is 1. The minimum atomic E-state index is 0.793. The third kappa shape index (κ3) is 3.29. The van der Waals surface area contributed by atoms with E-state index in [1.54, 1.807) is 0 Å². The first-order valence-corrected chi connectivity index (χ1v) is 5.91. The Morgan fingerprint density at radius 3 is 2.44 bits per heavy atom. The van der Waals surface area contributed by atoms with Crippen molar-refractivity contribution in [3.8, 4) is 11.8 Å². The fraction of sp³-hybridized carbons (Fsp3) is 0.429. The van der Waals surface area contributed by atoms with Gasteiger partial charge in [-0.05, 0) is 50.2 Å². The van der Waals surface area contributed by atoms with E-state index in [0.29, 0.717) is 0 Å². The molecule has 0 aromatic heterocycles. The molecule has 16 heavy (non-hydrogen) atoms. The van der Waals surface area contributed by atoms with Gasteiger partial charge >= 0.3 is 0 Å². The minimum absolute atomic E-state index is 0.793. The molecule has 1 aromatic carbocycles. The molecule has 1 aromatic rings. The normalized spacial score (nSPS) is 16.5. The van der Waals surface area contributed by atoms with Gasteiger partial charge in [-0.25, -0.2) is 0 Å². The summed E-state index contributed by atoms with van der Waals surface area (Å²) in [6, 6.07) is 7.73. The van der Waals surface area contributed by atoms with Crippen LogP contribution in [-0.4, -0.2) is 24.5 Å². The lowest BCUT2D eigenvalue weighted by Crippen LogP contribution is -2.29. The maximum atomic E-state index is 5.62. The van der Waals surface area contributed by atoms with E-state index < -0.39 is 0 Å². The van der Waals surface area contributed by atoms with E-state index in [-0.39, 0.29) is 0 Å². The quantitative estimate of drug-likeness (QED) is 0.573. The van der Waals surface area contributed by atoms with Crippen molar-refractivity contribution in [3.63, 3.8) is 0 Å². The third-order valence-electron chi connectivity index (χ3n) is 2.89. The number of nitrogen functional groups attached to an aromatic ring is 1. The topological polar surface area (TPSA) is 29.3 Å². The zero-order chi connectivity index (χ0) is 11.2. The van der Waals surface area contributed by atoms with Crippen molar-refractivity contribution in [1.29, 1.82) is 0 Å². The molecule has 0 saturated carbocycles. The highest BCUT2D eigenvalue weighted by atomic mass is 15.1. The molecule has 0 unspecified atom stereocenters. The Morgan fingerprint density at radius 2 is 1.75 bits per heavy atom. The van der Waals surface area contributed by atoms with E-state index in [9.17, 15) is 0 Å². The number of piperidine rings is 1. The molecule has 1 saturated heterocycles. The van der Waals surface area contributed by atoms with Crippen LogP contribution in [0.1, 0.15) is 24.8 Å². The summed E-state index contributed by atoms with van der Waals surface area (Å²) in [6.45, 7) is 3.30. The molecular formula is C14H18N2. The molecule has 2 nitrogen and oxygen atoms in total. The number of rotatable bonds is 1. The summed E-state index contributed by atoms with van der Waals surface area (Å²) in [5.41, 5.74) is 7.46. The second kappa shape index (κ2) is 5.58. The van der Waals surface area contributed by atoms with Gasteiger partial charge in [0.1, 0.15) is 0 Å². The highest BCUT2D eigenvalue weighted by Crippen LogP contribution is 2.07. The van der Waals surface area contributed by atoms with Crippen molar-refractivity contribution < 1.29 is 0 Å². The molecule has 1 fully saturated rings. The SMILES string of the molecule is Nc1ccc(C#CCN2CCCCC2)cc1. The number of benzene rings is 1. The summed E-state index contributed by atoms with van der Waals surface area (Å²) in [5, 5.41) is 0. The van der Waals surface area contributed by atoms with Gasteiger partial charge in [0.05, 0.1) is 6.54 Å². The van der Waals surface area contributed by atoms with Crippen LogP contribution in [-0.2, 0) is 0 Å². The van der Waals surface area contributed by atoms with Gasteiger partial charge in [-0.1, -0.05) is 18.3 Å². The highest BCUT2D eigenvalue weighted by molar-refractivity contribution is 5.44. The summed E-state index contributed by atoms with van der Waals surface area (Å²) in [6.07, 6.45) is 4.02. The van der Waals surface area contributed by atoms with Crippen LogP contribution in [0, 0.1) is 11.8 Å². The van der Waals surface area contributed by atoms with Gasteiger partial charge in [0, 0.05) is 11.3 Å². The fourth-order valence-corrected chi connectivity index (χ4v) is 1.94. The molecule has 0 atom stereocenters. The lowest BCUT2D eigenvalue weighted by Gasteiger charge is -2.23.